The van der Waals surface area contributed by atoms with Crippen LogP contribution in [0, 0.1) is 24.7 Å². The number of nitrogens with two attached hydrogens (primary N) is 7. The lowest BCUT2D eigenvalue weighted by Gasteiger charge is -2.29. The summed E-state index contributed by atoms with van der Waals surface area (Å²) in [6.07, 6.45) is -1.73. The molecule has 2 aromatic rings. The van der Waals surface area contributed by atoms with E-state index >= 15 is 0 Å². The third-order valence-electron chi connectivity index (χ3n) is 17.0. The number of guanidine groups is 1. The second kappa shape index (κ2) is 48.3. The number of benzene rings is 2. The Kier molecular flexibility index (Phi) is 41.6. The van der Waals surface area contributed by atoms with Crippen LogP contribution in [0.2, 0.25) is 0 Å². The van der Waals surface area contributed by atoms with Crippen molar-refractivity contribution >= 4 is 101 Å². The monoisotopic (exact) mass is 1500 g/mol. The highest BCUT2D eigenvalue weighted by molar-refractivity contribution is 6.00. The number of amides is 15. The zero-order valence-corrected chi connectivity index (χ0v) is 62.2. The number of hydrogen-bond donors (Lipinski definition) is 20. The Labute approximate surface area is 622 Å². The minimum absolute atomic E-state index is 0.0461. The number of nitrogens with one attached hydrogen (secondary N) is 12. The molecule has 0 aliphatic heterocycles. The molecule has 0 aromatic heterocycles. The minimum Gasteiger partial charge on any atom is -0.481 e. The van der Waals surface area contributed by atoms with Crippen molar-refractivity contribution in [2.75, 3.05) is 26.2 Å². The molecule has 12 atom stereocenters. The molecule has 0 aliphatic carbocycles. The van der Waals surface area contributed by atoms with Crippen molar-refractivity contribution in [1.29, 1.82) is 0 Å². The first kappa shape index (κ1) is 92.2. The van der Waals surface area contributed by atoms with Crippen LogP contribution >= 0.6 is 0 Å². The van der Waals surface area contributed by atoms with Crippen molar-refractivity contribution in [2.45, 2.75) is 218 Å². The van der Waals surface area contributed by atoms with E-state index in [4.69, 9.17) is 40.1 Å². The number of unbranched alkanes of at least 4 members (excludes halogenated alkanes) is 1. The first-order valence-electron chi connectivity index (χ1n) is 35.6. The lowest BCUT2D eigenvalue weighted by Crippen LogP contribution is -2.61. The maximum absolute atomic E-state index is 14.4. The fourth-order valence-corrected chi connectivity index (χ4v) is 10.9. The molecule has 0 spiro atoms. The van der Waals surface area contributed by atoms with E-state index in [1.165, 1.54) is 20.8 Å². The molecule has 0 heterocycles. The van der Waals surface area contributed by atoms with Crippen molar-refractivity contribution in [3.05, 3.63) is 71.3 Å². The number of nitrogens with zero attached hydrogens (tertiary/aromatic N) is 1. The Bertz CT molecular complexity index is 3390. The minimum atomic E-state index is -1.79. The maximum atomic E-state index is 14.4. The normalized spacial score (nSPS) is 14.4. The molecule has 27 N–H and O–H groups in total. The number of aryl methyl sites for hydroxylation is 1. The van der Waals surface area contributed by atoms with Gasteiger partial charge in [0.2, 0.25) is 88.6 Å². The van der Waals surface area contributed by atoms with E-state index in [0.717, 1.165) is 5.56 Å². The zero-order chi connectivity index (χ0) is 80.6. The number of carbonyl (C=O) groups excluding carboxylic acids is 15. The van der Waals surface area contributed by atoms with Gasteiger partial charge in [-0.2, -0.15) is 0 Å². The van der Waals surface area contributed by atoms with Crippen molar-refractivity contribution in [3.63, 3.8) is 0 Å². The highest BCUT2D eigenvalue weighted by atomic mass is 16.4. The van der Waals surface area contributed by atoms with E-state index in [1.807, 2.05) is 0 Å². The Morgan fingerprint density at radius 2 is 0.879 bits per heavy atom. The number of carbonyl (C=O) groups is 16. The summed E-state index contributed by atoms with van der Waals surface area (Å²) in [6, 6.07) is -0.282. The summed E-state index contributed by atoms with van der Waals surface area (Å²) in [6.45, 7) is 12.0. The van der Waals surface area contributed by atoms with Crippen LogP contribution in [0.3, 0.4) is 0 Å². The predicted octanol–water partition coefficient (Wildman–Crippen LogP) is -4.98. The Hall–Kier alpha value is -10.9. The van der Waals surface area contributed by atoms with Gasteiger partial charge in [0, 0.05) is 39.2 Å². The molecular formula is C70H112N20O17. The molecule has 2 rings (SSSR count). The van der Waals surface area contributed by atoms with Gasteiger partial charge in [0.05, 0.1) is 13.0 Å². The molecular weight excluding hydrogens is 1390 g/mol. The highest BCUT2D eigenvalue weighted by Crippen LogP contribution is 2.16. The summed E-state index contributed by atoms with van der Waals surface area (Å²) in [7, 11) is 0. The van der Waals surface area contributed by atoms with Crippen LogP contribution in [-0.2, 0) is 89.6 Å². The summed E-state index contributed by atoms with van der Waals surface area (Å²) in [5, 5.41) is 40.2. The fraction of sp³-hybridized carbons (Fsp3) is 0.586. The predicted molar refractivity (Wildman–Crippen MR) is 393 cm³/mol. The number of hydrogen-bond acceptors (Lipinski definition) is 19. The fourth-order valence-electron chi connectivity index (χ4n) is 10.9. The van der Waals surface area contributed by atoms with Crippen LogP contribution in [-0.4, -0.2) is 198 Å². The number of rotatable bonds is 51. The smallest absolute Gasteiger partial charge is 0.303 e. The van der Waals surface area contributed by atoms with Crippen LogP contribution in [0.4, 0.5) is 0 Å². The molecule has 0 radical (unpaired) electrons. The van der Waals surface area contributed by atoms with Gasteiger partial charge in [-0.25, -0.2) is 0 Å². The van der Waals surface area contributed by atoms with Gasteiger partial charge in [0.15, 0.2) is 5.96 Å². The molecule has 0 bridgehead atoms. The Morgan fingerprint density at radius 3 is 1.39 bits per heavy atom. The van der Waals surface area contributed by atoms with Gasteiger partial charge in [-0.15, -0.1) is 0 Å². The average Bonchev–Trinajstić information content (AvgIpc) is 0.850. The van der Waals surface area contributed by atoms with E-state index in [2.05, 4.69) is 68.8 Å². The summed E-state index contributed by atoms with van der Waals surface area (Å²) < 4.78 is 0. The molecule has 594 valence electrons. The first-order chi connectivity index (χ1) is 50.4. The van der Waals surface area contributed by atoms with Gasteiger partial charge in [-0.1, -0.05) is 108 Å². The van der Waals surface area contributed by atoms with Crippen molar-refractivity contribution in [2.24, 2.45) is 62.9 Å². The standard InChI is InChI=1S/C70H112N20O17/c1-9-40(7)58(69(107)86-50(34-43-21-15-18-39(6)32-43)65(103)82-44(59(75)97)25-27-52(73)92)90-64(102)48(26-28-55(95)96)83-62(100)46(22-13-14-29-71)81-54(94)36-79-60(98)51(35-53(74)93)87-68(106)57(38(4)5)88-63(101)47(23-16-30-72)84-67(105)56(37(2)3)89-66(104)49(33-42-19-11-10-12-20-42)85-61(99)45(80-41(8)91)24-17-31-78-70(76)77/h10-12,15,18-21,32,37-38,40,44-51,56-58H,9,13-14,16-17,22-31,33-36,71-72H2,1-8H3,(H2,73,92)(H2,74,93)(H2,75,97)(H,79,98)(H,80,91)(H,81,94)(H,82,103)(H,83,100)(H,84,105)(H,85,99)(H,86,107)(H,87,106)(H,88,101)(H,89,104)(H,90,102)(H,95,96)(H4,76,77,78)/t40-,44-,45-,46-,47-,48-,49-,50-,51-,56-,57-,58-/m0/s1. The van der Waals surface area contributed by atoms with Crippen LogP contribution in [0.1, 0.15) is 149 Å². The third-order valence-corrected chi connectivity index (χ3v) is 17.0. The highest BCUT2D eigenvalue weighted by Gasteiger charge is 2.38. The quantitative estimate of drug-likeness (QED) is 0.0168. The van der Waals surface area contributed by atoms with Gasteiger partial charge in [-0.05, 0) is 107 Å². The first-order valence-corrected chi connectivity index (χ1v) is 35.6. The second-order valence-corrected chi connectivity index (χ2v) is 26.8. The van der Waals surface area contributed by atoms with E-state index in [9.17, 15) is 81.8 Å². The Balaban J connectivity index is 2.40. The number of carboxylic acid groups (broad SMARTS) is 1. The van der Waals surface area contributed by atoms with Crippen LogP contribution < -0.4 is 104 Å². The summed E-state index contributed by atoms with van der Waals surface area (Å²) in [5.74, 6) is -17.3. The molecule has 0 saturated heterocycles. The van der Waals surface area contributed by atoms with Gasteiger partial charge in [-0.3, -0.25) is 81.7 Å². The van der Waals surface area contributed by atoms with Crippen molar-refractivity contribution in [3.8, 4) is 0 Å². The molecule has 0 saturated carbocycles. The van der Waals surface area contributed by atoms with Crippen molar-refractivity contribution < 1.29 is 81.8 Å². The number of carboxylic acids is 1. The van der Waals surface area contributed by atoms with Crippen LogP contribution in [0.5, 0.6) is 0 Å². The van der Waals surface area contributed by atoms with Crippen LogP contribution in [0.25, 0.3) is 0 Å². The topological polar surface area (TPSA) is 632 Å². The number of aliphatic imine (C=N–C) groups is 1. The van der Waals surface area contributed by atoms with Gasteiger partial charge < -0.3 is 109 Å². The Morgan fingerprint density at radius 1 is 0.439 bits per heavy atom. The van der Waals surface area contributed by atoms with Crippen LogP contribution in [0.15, 0.2) is 59.6 Å². The number of primary amides is 3. The second-order valence-electron chi connectivity index (χ2n) is 26.8. The molecule has 0 fully saturated rings. The van der Waals surface area contributed by atoms with Gasteiger partial charge in [0.1, 0.15) is 66.5 Å². The van der Waals surface area contributed by atoms with E-state index in [-0.39, 0.29) is 96.2 Å². The molecule has 0 unspecified atom stereocenters. The zero-order valence-electron chi connectivity index (χ0n) is 62.2. The van der Waals surface area contributed by atoms with E-state index in [0.29, 0.717) is 17.5 Å². The summed E-state index contributed by atoms with van der Waals surface area (Å²) in [4.78, 5) is 220. The molecule has 0 aliphatic rings. The largest absolute Gasteiger partial charge is 0.481 e. The van der Waals surface area contributed by atoms with Gasteiger partial charge >= 0.3 is 5.97 Å². The lowest BCUT2D eigenvalue weighted by atomic mass is 9.96. The van der Waals surface area contributed by atoms with Crippen molar-refractivity contribution in [1.82, 2.24) is 63.8 Å². The van der Waals surface area contributed by atoms with E-state index in [1.54, 1.807) is 89.2 Å². The molecule has 107 heavy (non-hydrogen) atoms. The number of aliphatic carboxylic acids is 1. The van der Waals surface area contributed by atoms with Gasteiger partial charge in [0.25, 0.3) is 0 Å². The maximum Gasteiger partial charge on any atom is 0.303 e. The average molecular weight is 1510 g/mol. The molecule has 37 heteroatoms. The lowest BCUT2D eigenvalue weighted by molar-refractivity contribution is -0.139. The molecule has 15 amide bonds. The third kappa shape index (κ3) is 35.7. The SMILES string of the molecule is CC[C@H](C)[C@H](NC(=O)[C@H](CCC(=O)O)NC(=O)[C@H](CCCCN)NC(=O)CNC(=O)[C@H](CC(N)=O)NC(=O)[C@@H](NC(=O)[C@H](CCCN)NC(=O)[C@@H](NC(=O)[C@H](Cc1ccccc1)NC(=O)[C@H](CCCN=C(N)N)NC(C)=O)C(C)C)C(C)C)C(=O)N[C@@H](Cc1cccc(C)c1)C(=O)N[C@@H](CCC(N)=O)C(N)=O. The molecule has 2 aromatic carbocycles. The summed E-state index contributed by atoms with van der Waals surface area (Å²) >= 11 is 0. The molecule has 37 nitrogen and oxygen atoms in total. The van der Waals surface area contributed by atoms with E-state index < -0.39 is 205 Å². The summed E-state index contributed by atoms with van der Waals surface area (Å²) in [5.41, 5.74) is 40.8.